The Morgan fingerprint density at radius 3 is 2.59 bits per heavy atom. The van der Waals surface area contributed by atoms with Gasteiger partial charge in [-0.2, -0.15) is 0 Å². The zero-order chi connectivity index (χ0) is 15.9. The lowest BCUT2D eigenvalue weighted by Crippen LogP contribution is -2.33. The number of carboxylic acid groups (broad SMARTS) is 1. The molecule has 0 radical (unpaired) electrons. The monoisotopic (exact) mass is 323 g/mol. The van der Waals surface area contributed by atoms with Crippen LogP contribution in [0.25, 0.3) is 0 Å². The molecular formula is C16H21NO4S. The van der Waals surface area contributed by atoms with E-state index in [0.29, 0.717) is 12.5 Å². The van der Waals surface area contributed by atoms with Crippen LogP contribution in [0.3, 0.4) is 0 Å². The predicted molar refractivity (Wildman–Crippen MR) is 84.9 cm³/mol. The number of thioether (sulfide) groups is 1. The first-order chi connectivity index (χ1) is 10.6. The fraction of sp³-hybridized carbons (Fsp3) is 0.500. The van der Waals surface area contributed by atoms with Crippen LogP contribution >= 0.6 is 11.8 Å². The average molecular weight is 323 g/mol. The molecule has 0 bridgehead atoms. The van der Waals surface area contributed by atoms with Crippen molar-refractivity contribution in [1.82, 2.24) is 5.32 Å². The molecule has 0 aromatic heterocycles. The topological polar surface area (TPSA) is 75.6 Å². The first kappa shape index (κ1) is 16.8. The molecule has 1 unspecified atom stereocenters. The summed E-state index contributed by atoms with van der Waals surface area (Å²) in [5.41, 5.74) is 0.788. The minimum Gasteiger partial charge on any atom is -0.481 e. The summed E-state index contributed by atoms with van der Waals surface area (Å²) in [4.78, 5) is 24.0. The Hall–Kier alpha value is -1.53. The van der Waals surface area contributed by atoms with Gasteiger partial charge in [0.25, 0.3) is 0 Å². The van der Waals surface area contributed by atoms with Crippen LogP contribution in [0.5, 0.6) is 0 Å². The molecule has 22 heavy (non-hydrogen) atoms. The van der Waals surface area contributed by atoms with Crippen molar-refractivity contribution >= 4 is 23.6 Å². The molecule has 0 saturated heterocycles. The number of carbonyl (C=O) groups is 2. The molecule has 1 saturated carbocycles. The Labute approximate surface area is 134 Å². The molecule has 1 fully saturated rings. The van der Waals surface area contributed by atoms with Crippen molar-refractivity contribution in [3.05, 3.63) is 29.8 Å². The minimum absolute atomic E-state index is 0.0183. The van der Waals surface area contributed by atoms with E-state index in [2.05, 4.69) is 5.32 Å². The third kappa shape index (κ3) is 5.69. The summed E-state index contributed by atoms with van der Waals surface area (Å²) in [5, 5.41) is 11.8. The summed E-state index contributed by atoms with van der Waals surface area (Å²) in [7, 11) is 0. The fourth-order valence-corrected chi connectivity index (χ4v) is 2.51. The Morgan fingerprint density at radius 1 is 1.36 bits per heavy atom. The largest absolute Gasteiger partial charge is 0.481 e. The van der Waals surface area contributed by atoms with Crippen molar-refractivity contribution in [2.45, 2.75) is 30.2 Å². The van der Waals surface area contributed by atoms with Gasteiger partial charge < -0.3 is 15.2 Å². The number of benzene rings is 1. The second-order valence-corrected chi connectivity index (χ2v) is 6.33. The molecule has 0 spiro atoms. The number of hydrogen-bond acceptors (Lipinski definition) is 4. The van der Waals surface area contributed by atoms with Gasteiger partial charge in [-0.1, -0.05) is 12.1 Å². The number of nitrogens with one attached hydrogen (secondary N) is 1. The van der Waals surface area contributed by atoms with Gasteiger partial charge in [-0.25, -0.2) is 0 Å². The molecule has 120 valence electrons. The van der Waals surface area contributed by atoms with Crippen LogP contribution in [0.1, 0.15) is 30.9 Å². The van der Waals surface area contributed by atoms with Crippen molar-refractivity contribution < 1.29 is 19.4 Å². The second kappa shape index (κ2) is 8.19. The van der Waals surface area contributed by atoms with Crippen LogP contribution in [0.2, 0.25) is 0 Å². The molecular weight excluding hydrogens is 302 g/mol. The molecule has 1 aromatic carbocycles. The first-order valence-corrected chi connectivity index (χ1v) is 8.54. The molecule has 1 aromatic rings. The van der Waals surface area contributed by atoms with Gasteiger partial charge >= 0.3 is 5.97 Å². The van der Waals surface area contributed by atoms with Crippen LogP contribution in [0.15, 0.2) is 29.2 Å². The standard InChI is InChI=1S/C16H21NO4S/c1-22-13-6-4-12(5-7-13)14(8-16(19)20)17-15(18)10-21-9-11-2-3-11/h4-7,11,14H,2-3,8-10H2,1H3,(H,17,18)(H,19,20). The first-order valence-electron chi connectivity index (χ1n) is 7.31. The highest BCUT2D eigenvalue weighted by Crippen LogP contribution is 2.28. The van der Waals surface area contributed by atoms with E-state index in [9.17, 15) is 9.59 Å². The number of aliphatic carboxylic acids is 1. The third-order valence-corrected chi connectivity index (χ3v) is 4.26. The quantitative estimate of drug-likeness (QED) is 0.683. The number of hydrogen-bond donors (Lipinski definition) is 2. The maximum absolute atomic E-state index is 11.9. The van der Waals surface area contributed by atoms with E-state index < -0.39 is 12.0 Å². The molecule has 0 aliphatic heterocycles. The highest BCUT2D eigenvalue weighted by molar-refractivity contribution is 7.98. The van der Waals surface area contributed by atoms with Crippen molar-refractivity contribution in [3.63, 3.8) is 0 Å². The maximum Gasteiger partial charge on any atom is 0.305 e. The molecule has 2 N–H and O–H groups in total. The van der Waals surface area contributed by atoms with Crippen LogP contribution in [-0.4, -0.2) is 36.5 Å². The summed E-state index contributed by atoms with van der Waals surface area (Å²) < 4.78 is 5.33. The van der Waals surface area contributed by atoms with Crippen molar-refractivity contribution in [2.24, 2.45) is 5.92 Å². The van der Waals surface area contributed by atoms with E-state index in [1.54, 1.807) is 11.8 Å². The highest BCUT2D eigenvalue weighted by atomic mass is 32.2. The van der Waals surface area contributed by atoms with E-state index in [1.165, 1.54) is 12.8 Å². The zero-order valence-electron chi connectivity index (χ0n) is 12.6. The summed E-state index contributed by atoms with van der Waals surface area (Å²) in [6, 6.07) is 7.01. The molecule has 0 heterocycles. The van der Waals surface area contributed by atoms with E-state index in [4.69, 9.17) is 9.84 Å². The average Bonchev–Trinajstić information content (AvgIpc) is 3.30. The SMILES string of the molecule is CSc1ccc(C(CC(=O)O)NC(=O)COCC2CC2)cc1. The summed E-state index contributed by atoms with van der Waals surface area (Å²) >= 11 is 1.61. The Balaban J connectivity index is 1.91. The van der Waals surface area contributed by atoms with E-state index >= 15 is 0 Å². The van der Waals surface area contributed by atoms with E-state index in [1.807, 2.05) is 30.5 Å². The fourth-order valence-electron chi connectivity index (χ4n) is 2.10. The molecule has 6 heteroatoms. The number of carbonyl (C=O) groups excluding carboxylic acids is 1. The van der Waals surface area contributed by atoms with Crippen molar-refractivity contribution in [3.8, 4) is 0 Å². The second-order valence-electron chi connectivity index (χ2n) is 5.45. The molecule has 5 nitrogen and oxygen atoms in total. The molecule has 1 atom stereocenters. The van der Waals surface area contributed by atoms with Gasteiger partial charge in [-0.15, -0.1) is 11.8 Å². The lowest BCUT2D eigenvalue weighted by molar-refractivity contribution is -0.138. The molecule has 2 rings (SSSR count). The van der Waals surface area contributed by atoms with Gasteiger partial charge in [0, 0.05) is 4.90 Å². The van der Waals surface area contributed by atoms with Gasteiger partial charge in [0.15, 0.2) is 0 Å². The van der Waals surface area contributed by atoms with Gasteiger partial charge in [-0.3, -0.25) is 9.59 Å². The number of ether oxygens (including phenoxy) is 1. The van der Waals surface area contributed by atoms with Crippen molar-refractivity contribution in [1.29, 1.82) is 0 Å². The number of carboxylic acids is 1. The van der Waals surface area contributed by atoms with E-state index in [-0.39, 0.29) is 18.9 Å². The van der Waals surface area contributed by atoms with Gasteiger partial charge in [0.1, 0.15) is 6.61 Å². The highest BCUT2D eigenvalue weighted by Gasteiger charge is 2.22. The number of rotatable bonds is 9. The van der Waals surface area contributed by atoms with E-state index in [0.717, 1.165) is 10.5 Å². The summed E-state index contributed by atoms with van der Waals surface area (Å²) in [5.74, 6) is -0.624. The molecule has 1 amide bonds. The van der Waals surface area contributed by atoms with Crippen LogP contribution < -0.4 is 5.32 Å². The van der Waals surface area contributed by atoms with Crippen LogP contribution in [0, 0.1) is 5.92 Å². The van der Waals surface area contributed by atoms with Gasteiger partial charge in [0.2, 0.25) is 5.91 Å². The Kier molecular flexibility index (Phi) is 6.27. The minimum atomic E-state index is -0.946. The predicted octanol–water partition coefficient (Wildman–Crippen LogP) is 2.47. The number of amides is 1. The van der Waals surface area contributed by atoms with Gasteiger partial charge in [-0.05, 0) is 42.7 Å². The lowest BCUT2D eigenvalue weighted by Gasteiger charge is -2.18. The van der Waals surface area contributed by atoms with Crippen LogP contribution in [0.4, 0.5) is 0 Å². The summed E-state index contributed by atoms with van der Waals surface area (Å²) in [6.07, 6.45) is 4.17. The normalized spacial score (nSPS) is 15.3. The van der Waals surface area contributed by atoms with Crippen LogP contribution in [-0.2, 0) is 14.3 Å². The molecule has 1 aliphatic rings. The Morgan fingerprint density at radius 2 is 2.05 bits per heavy atom. The third-order valence-electron chi connectivity index (χ3n) is 3.52. The van der Waals surface area contributed by atoms with Crippen molar-refractivity contribution in [2.75, 3.05) is 19.5 Å². The lowest BCUT2D eigenvalue weighted by atomic mass is 10.0. The Bertz CT molecular complexity index is 513. The molecule has 1 aliphatic carbocycles. The summed E-state index contributed by atoms with van der Waals surface area (Å²) in [6.45, 7) is 0.592. The van der Waals surface area contributed by atoms with Gasteiger partial charge in [0.05, 0.1) is 19.1 Å². The smallest absolute Gasteiger partial charge is 0.305 e. The zero-order valence-corrected chi connectivity index (χ0v) is 13.4. The maximum atomic E-state index is 11.9.